The van der Waals surface area contributed by atoms with Gasteiger partial charge in [0.1, 0.15) is 5.82 Å². The molecule has 2 N–H and O–H groups in total. The van der Waals surface area contributed by atoms with E-state index in [9.17, 15) is 17.9 Å². The van der Waals surface area contributed by atoms with Crippen LogP contribution < -0.4 is 10.0 Å². The van der Waals surface area contributed by atoms with Gasteiger partial charge in [0.15, 0.2) is 16.2 Å². The number of hydrogen-bond donors (Lipinski definition) is 2. The number of nitrogens with one attached hydrogen (secondary N) is 2. The first kappa shape index (κ1) is 19.0. The topological polar surface area (TPSA) is 97.4 Å². The number of hydrogen-bond acceptors (Lipinski definition) is 5. The summed E-state index contributed by atoms with van der Waals surface area (Å²) in [5, 5.41) is 3.12. The first-order chi connectivity index (χ1) is 13.4. The third-order valence-corrected chi connectivity index (χ3v) is 6.81. The Kier molecular flexibility index (Phi) is 4.90. The Hall–Kier alpha value is -2.36. The third-order valence-electron chi connectivity index (χ3n) is 5.20. The second-order valence-electron chi connectivity index (χ2n) is 7.31. The molecule has 0 aliphatic carbocycles. The van der Waals surface area contributed by atoms with E-state index in [-0.39, 0.29) is 29.6 Å². The number of fused-ring (bicyclic) bond motifs is 1. The molecule has 2 aliphatic rings. The molecular weight excluding hydrogens is 383 g/mol. The van der Waals surface area contributed by atoms with Crippen LogP contribution in [0.5, 0.6) is 0 Å². The van der Waals surface area contributed by atoms with Crippen molar-refractivity contribution < 1.29 is 17.9 Å². The number of pyridine rings is 1. The maximum absolute atomic E-state index is 13.1. The summed E-state index contributed by atoms with van der Waals surface area (Å²) >= 11 is 0. The van der Waals surface area contributed by atoms with Crippen LogP contribution in [0.25, 0.3) is 0 Å². The van der Waals surface area contributed by atoms with E-state index < -0.39 is 15.9 Å². The zero-order valence-electron chi connectivity index (χ0n) is 15.2. The maximum atomic E-state index is 13.1. The molecule has 0 bridgehead atoms. The van der Waals surface area contributed by atoms with Gasteiger partial charge in [-0.05, 0) is 36.6 Å². The summed E-state index contributed by atoms with van der Waals surface area (Å²) in [6.45, 7) is 1.18. The minimum absolute atomic E-state index is 0.107. The van der Waals surface area contributed by atoms with Crippen molar-refractivity contribution in [3.8, 4) is 0 Å². The van der Waals surface area contributed by atoms with Gasteiger partial charge in [-0.15, -0.1) is 4.72 Å². The minimum atomic E-state index is -3.75. The Labute approximate surface area is 163 Å². The number of halogens is 1. The molecule has 1 spiro atoms. The van der Waals surface area contributed by atoms with Crippen molar-refractivity contribution in [3.05, 3.63) is 54.0 Å². The lowest BCUT2D eigenvalue weighted by molar-refractivity contribution is -0.132. The number of aromatic nitrogens is 1. The fourth-order valence-corrected chi connectivity index (χ4v) is 5.39. The van der Waals surface area contributed by atoms with Crippen molar-refractivity contribution in [3.63, 3.8) is 0 Å². The fourth-order valence-electron chi connectivity index (χ4n) is 3.83. The molecule has 0 saturated carbocycles. The van der Waals surface area contributed by atoms with Gasteiger partial charge in [-0.2, -0.15) is 0 Å². The van der Waals surface area contributed by atoms with E-state index in [2.05, 4.69) is 15.0 Å². The molecular formula is C19H21FN4O3S. The van der Waals surface area contributed by atoms with Crippen LogP contribution in [-0.4, -0.2) is 45.5 Å². The highest BCUT2D eigenvalue weighted by atomic mass is 32.3. The lowest BCUT2D eigenvalue weighted by Gasteiger charge is -2.42. The van der Waals surface area contributed by atoms with Crippen molar-refractivity contribution in [2.75, 3.05) is 25.0 Å². The lowest BCUT2D eigenvalue weighted by atomic mass is 9.89. The average molecular weight is 404 g/mol. The number of benzene rings is 1. The number of nitrogens with zero attached hydrogens (tertiary/aromatic N) is 2. The molecule has 1 saturated heterocycles. The van der Waals surface area contributed by atoms with E-state index in [1.54, 1.807) is 29.3 Å². The molecule has 2 aliphatic heterocycles. The summed E-state index contributed by atoms with van der Waals surface area (Å²) in [6.07, 6.45) is 2.99. The number of carbonyl (C=O) groups excluding carboxylic acids is 1. The number of amides is 1. The van der Waals surface area contributed by atoms with Crippen molar-refractivity contribution in [2.45, 2.75) is 29.7 Å². The van der Waals surface area contributed by atoms with Crippen molar-refractivity contribution in [1.29, 1.82) is 0 Å². The van der Waals surface area contributed by atoms with Gasteiger partial charge in [0, 0.05) is 31.9 Å². The Balaban J connectivity index is 1.52. The molecule has 1 aromatic carbocycles. The van der Waals surface area contributed by atoms with Gasteiger partial charge < -0.3 is 14.8 Å². The van der Waals surface area contributed by atoms with Crippen LogP contribution in [0.4, 0.5) is 10.2 Å². The summed E-state index contributed by atoms with van der Waals surface area (Å²) in [5.74, 6) is -0.133. The number of carbonyl (C=O) groups is 1. The third kappa shape index (κ3) is 3.78. The first-order valence-corrected chi connectivity index (χ1v) is 10.6. The van der Waals surface area contributed by atoms with Crippen LogP contribution in [-0.2, 0) is 25.8 Å². The normalized spacial score (nSPS) is 27.0. The minimum Gasteiger partial charge on any atom is -0.593 e. The number of piperidine rings is 1. The Morgan fingerprint density at radius 3 is 2.89 bits per heavy atom. The van der Waals surface area contributed by atoms with E-state index in [0.29, 0.717) is 31.7 Å². The summed E-state index contributed by atoms with van der Waals surface area (Å²) < 4.78 is 41.5. The molecule has 148 valence electrons. The summed E-state index contributed by atoms with van der Waals surface area (Å²) in [6, 6.07) is 8.92. The molecule has 1 fully saturated rings. The molecule has 28 heavy (non-hydrogen) atoms. The highest BCUT2D eigenvalue weighted by Gasteiger charge is 2.46. The van der Waals surface area contributed by atoms with Crippen LogP contribution in [0.2, 0.25) is 0 Å². The molecule has 1 aromatic heterocycles. The van der Waals surface area contributed by atoms with Gasteiger partial charge in [0.05, 0.1) is 12.0 Å². The van der Waals surface area contributed by atoms with E-state index in [1.165, 1.54) is 18.2 Å². The van der Waals surface area contributed by atoms with E-state index in [4.69, 9.17) is 0 Å². The van der Waals surface area contributed by atoms with Gasteiger partial charge in [0.25, 0.3) is 0 Å². The van der Waals surface area contributed by atoms with E-state index in [0.717, 1.165) is 5.56 Å². The van der Waals surface area contributed by atoms with Crippen molar-refractivity contribution >= 4 is 22.1 Å². The van der Waals surface area contributed by atoms with Gasteiger partial charge in [-0.1, -0.05) is 16.3 Å². The number of rotatable bonds is 2. The summed E-state index contributed by atoms with van der Waals surface area (Å²) in [7, 11) is -3.75. The van der Waals surface area contributed by atoms with Gasteiger partial charge in [-0.3, -0.25) is 4.79 Å². The first-order valence-electron chi connectivity index (χ1n) is 9.12. The van der Waals surface area contributed by atoms with Crippen molar-refractivity contribution in [1.82, 2.24) is 14.6 Å². The van der Waals surface area contributed by atoms with Crippen LogP contribution >= 0.6 is 0 Å². The quantitative estimate of drug-likeness (QED) is 0.743. The van der Waals surface area contributed by atoms with Gasteiger partial charge in [0.2, 0.25) is 10.8 Å². The Bertz CT molecular complexity index is 939. The number of likely N-dealkylation sites (tertiary alicyclic amines) is 1. The standard InChI is InChI=1S/C19H21FN4O3S/c20-15-6-4-14(5-7-15)11-17(25)24-10-2-8-19(13-24)12-22-18-16(3-1-9-21-18)28(26,27)23-19/h1,3-7,9H,2,8,10-13H2,(H2-,21,22,23,26,27). The predicted molar refractivity (Wildman–Crippen MR) is 102 cm³/mol. The van der Waals surface area contributed by atoms with Crippen LogP contribution in [0.3, 0.4) is 0 Å². The monoisotopic (exact) mass is 404 g/mol. The van der Waals surface area contributed by atoms with Crippen LogP contribution in [0.15, 0.2) is 47.5 Å². The van der Waals surface area contributed by atoms with Gasteiger partial charge >= 0.3 is 0 Å². The smallest absolute Gasteiger partial charge is 0.227 e. The van der Waals surface area contributed by atoms with Gasteiger partial charge in [-0.25, -0.2) is 9.37 Å². The van der Waals surface area contributed by atoms with Crippen LogP contribution in [0, 0.1) is 5.82 Å². The number of sulfonamides is 1. The zero-order valence-corrected chi connectivity index (χ0v) is 16.0. The molecule has 2 atom stereocenters. The second-order valence-corrected chi connectivity index (χ2v) is 8.96. The van der Waals surface area contributed by atoms with E-state index in [1.807, 2.05) is 0 Å². The molecule has 0 radical (unpaired) electrons. The lowest BCUT2D eigenvalue weighted by Crippen LogP contribution is -2.63. The molecule has 3 heterocycles. The molecule has 2 unspecified atom stereocenters. The molecule has 7 nitrogen and oxygen atoms in total. The average Bonchev–Trinajstić information content (AvgIpc) is 2.78. The fraction of sp³-hybridized carbons (Fsp3) is 0.368. The molecule has 2 aromatic rings. The molecule has 9 heteroatoms. The van der Waals surface area contributed by atoms with Crippen molar-refractivity contribution in [2.24, 2.45) is 0 Å². The van der Waals surface area contributed by atoms with Crippen LogP contribution in [0.1, 0.15) is 18.4 Å². The molecule has 4 rings (SSSR count). The Morgan fingerprint density at radius 2 is 2.11 bits per heavy atom. The highest BCUT2D eigenvalue weighted by molar-refractivity contribution is 7.96. The predicted octanol–water partition coefficient (Wildman–Crippen LogP) is 1.74. The molecule has 1 amide bonds. The second kappa shape index (κ2) is 7.23. The summed E-state index contributed by atoms with van der Waals surface area (Å²) in [5.41, 5.74) is -0.0711. The maximum Gasteiger partial charge on any atom is 0.227 e. The Morgan fingerprint density at radius 1 is 1.32 bits per heavy atom. The largest absolute Gasteiger partial charge is 0.593 e. The highest BCUT2D eigenvalue weighted by Crippen LogP contribution is 2.32. The van der Waals surface area contributed by atoms with E-state index >= 15 is 0 Å². The zero-order chi connectivity index (χ0) is 19.8. The summed E-state index contributed by atoms with van der Waals surface area (Å²) in [4.78, 5) is 18.7. The number of anilines is 1. The SMILES string of the molecule is O=C(Cc1ccc(F)cc1)N1CCCC2(CNc3ncccc3[S+](=O)([O-])N2)C1.